The molecule has 1 aliphatic heterocycles. The molecule has 2 atom stereocenters. The van der Waals surface area contributed by atoms with Crippen molar-refractivity contribution in [3.63, 3.8) is 0 Å². The quantitative estimate of drug-likeness (QED) is 0.615. The maximum atomic E-state index is 5.06. The summed E-state index contributed by atoms with van der Waals surface area (Å²) in [4.78, 5) is 2.53. The van der Waals surface area contributed by atoms with Gasteiger partial charge in [-0.15, -0.1) is 0 Å². The lowest BCUT2D eigenvalue weighted by Gasteiger charge is -2.25. The van der Waals surface area contributed by atoms with Gasteiger partial charge in [-0.05, 0) is 26.7 Å². The van der Waals surface area contributed by atoms with Gasteiger partial charge in [0, 0.05) is 25.7 Å². The van der Waals surface area contributed by atoms with Crippen LogP contribution >= 0.6 is 0 Å². The van der Waals surface area contributed by atoms with Gasteiger partial charge in [0.05, 0.1) is 6.61 Å². The van der Waals surface area contributed by atoms with Crippen molar-refractivity contribution < 1.29 is 4.74 Å². The van der Waals surface area contributed by atoms with Crippen LogP contribution in [0.25, 0.3) is 0 Å². The van der Waals surface area contributed by atoms with Crippen LogP contribution in [-0.4, -0.2) is 37.2 Å². The maximum absolute atomic E-state index is 5.06. The number of methoxy groups -OCH3 is 1. The summed E-state index contributed by atoms with van der Waals surface area (Å²) in [6.45, 7) is 6.58. The Balaban J connectivity index is 2.29. The van der Waals surface area contributed by atoms with E-state index in [0.29, 0.717) is 0 Å². The van der Waals surface area contributed by atoms with Crippen LogP contribution in [0.5, 0.6) is 0 Å². The lowest BCUT2D eigenvalue weighted by atomic mass is 10.2. The van der Waals surface area contributed by atoms with E-state index in [4.69, 9.17) is 4.74 Å². The Morgan fingerprint density at radius 3 is 2.27 bits per heavy atom. The van der Waals surface area contributed by atoms with Crippen LogP contribution in [0.3, 0.4) is 0 Å². The molecule has 0 N–H and O–H groups in total. The van der Waals surface area contributed by atoms with Crippen molar-refractivity contribution in [3.05, 3.63) is 0 Å². The van der Waals surface area contributed by atoms with E-state index in [9.17, 15) is 0 Å². The number of hydrogen-bond donors (Lipinski definition) is 0. The average molecular weight is 157 g/mol. The standard InChI is InChI=1S/C9H19NO/c1-8-4-5-9(2)10(8)6-7-11-3/h8-9H,4-7H2,1-3H3/t8-,9+. The zero-order valence-electron chi connectivity index (χ0n) is 7.84. The van der Waals surface area contributed by atoms with Gasteiger partial charge in [0.2, 0.25) is 0 Å². The molecule has 0 spiro atoms. The first-order valence-electron chi connectivity index (χ1n) is 4.50. The number of rotatable bonds is 3. The molecule has 1 fully saturated rings. The lowest BCUT2D eigenvalue weighted by molar-refractivity contribution is 0.125. The van der Waals surface area contributed by atoms with Crippen molar-refractivity contribution in [3.8, 4) is 0 Å². The van der Waals surface area contributed by atoms with Crippen LogP contribution in [0.15, 0.2) is 0 Å². The normalized spacial score (nSPS) is 33.0. The predicted molar refractivity (Wildman–Crippen MR) is 46.7 cm³/mol. The molecule has 11 heavy (non-hydrogen) atoms. The van der Waals surface area contributed by atoms with Crippen LogP contribution in [0.1, 0.15) is 26.7 Å². The molecule has 1 heterocycles. The van der Waals surface area contributed by atoms with Crippen molar-refractivity contribution in [1.82, 2.24) is 4.90 Å². The molecule has 0 saturated carbocycles. The van der Waals surface area contributed by atoms with Gasteiger partial charge < -0.3 is 4.74 Å². The highest BCUT2D eigenvalue weighted by atomic mass is 16.5. The fraction of sp³-hybridized carbons (Fsp3) is 1.00. The molecule has 66 valence electrons. The lowest BCUT2D eigenvalue weighted by Crippen LogP contribution is -2.35. The minimum Gasteiger partial charge on any atom is -0.383 e. The molecule has 0 amide bonds. The summed E-state index contributed by atoms with van der Waals surface area (Å²) in [6.07, 6.45) is 2.70. The van der Waals surface area contributed by atoms with E-state index in [0.717, 1.165) is 25.2 Å². The van der Waals surface area contributed by atoms with Gasteiger partial charge in [0.15, 0.2) is 0 Å². The van der Waals surface area contributed by atoms with Crippen LogP contribution < -0.4 is 0 Å². The van der Waals surface area contributed by atoms with E-state index >= 15 is 0 Å². The molecular weight excluding hydrogens is 138 g/mol. The third kappa shape index (κ3) is 2.17. The average Bonchev–Trinajstić information content (AvgIpc) is 2.29. The molecule has 1 saturated heterocycles. The SMILES string of the molecule is COCCN1[C@H](C)CC[C@@H]1C. The second kappa shape index (κ2) is 4.07. The molecule has 0 unspecified atom stereocenters. The van der Waals surface area contributed by atoms with Gasteiger partial charge in [0.1, 0.15) is 0 Å². The zero-order chi connectivity index (χ0) is 8.27. The molecular formula is C9H19NO. The summed E-state index contributed by atoms with van der Waals surface area (Å²) < 4.78 is 5.06. The highest BCUT2D eigenvalue weighted by Crippen LogP contribution is 2.22. The highest BCUT2D eigenvalue weighted by Gasteiger charge is 2.26. The molecule has 0 bridgehead atoms. The minimum atomic E-state index is 0.764. The molecule has 2 heteroatoms. The third-order valence-corrected chi connectivity index (χ3v) is 2.69. The van der Waals surface area contributed by atoms with Crippen molar-refractivity contribution in [2.45, 2.75) is 38.8 Å². The van der Waals surface area contributed by atoms with E-state index < -0.39 is 0 Å². The first kappa shape index (κ1) is 9.01. The number of likely N-dealkylation sites (tertiary alicyclic amines) is 1. The molecule has 1 rings (SSSR count). The number of nitrogens with zero attached hydrogens (tertiary/aromatic N) is 1. The van der Waals surface area contributed by atoms with E-state index in [1.54, 1.807) is 7.11 Å². The van der Waals surface area contributed by atoms with Gasteiger partial charge in [-0.3, -0.25) is 4.90 Å². The summed E-state index contributed by atoms with van der Waals surface area (Å²) in [5.74, 6) is 0. The Morgan fingerprint density at radius 2 is 1.82 bits per heavy atom. The zero-order valence-corrected chi connectivity index (χ0v) is 7.84. The summed E-state index contributed by atoms with van der Waals surface area (Å²) in [7, 11) is 1.77. The third-order valence-electron chi connectivity index (χ3n) is 2.69. The maximum Gasteiger partial charge on any atom is 0.0589 e. The first-order valence-corrected chi connectivity index (χ1v) is 4.50. The molecule has 0 aromatic rings. The molecule has 0 aliphatic carbocycles. The first-order chi connectivity index (χ1) is 5.25. The van der Waals surface area contributed by atoms with Gasteiger partial charge in [-0.25, -0.2) is 0 Å². The van der Waals surface area contributed by atoms with Gasteiger partial charge in [-0.2, -0.15) is 0 Å². The highest BCUT2D eigenvalue weighted by molar-refractivity contribution is 4.81. The fourth-order valence-electron chi connectivity index (χ4n) is 1.89. The fourth-order valence-corrected chi connectivity index (χ4v) is 1.89. The Morgan fingerprint density at radius 1 is 1.27 bits per heavy atom. The van der Waals surface area contributed by atoms with Crippen molar-refractivity contribution >= 4 is 0 Å². The summed E-state index contributed by atoms with van der Waals surface area (Å²) in [6, 6.07) is 1.53. The number of hydrogen-bond acceptors (Lipinski definition) is 2. The van der Waals surface area contributed by atoms with Gasteiger partial charge in [0.25, 0.3) is 0 Å². The summed E-state index contributed by atoms with van der Waals surface area (Å²) in [5.41, 5.74) is 0. The molecule has 0 aromatic heterocycles. The van der Waals surface area contributed by atoms with Crippen LogP contribution in [-0.2, 0) is 4.74 Å². The molecule has 0 radical (unpaired) electrons. The Kier molecular flexibility index (Phi) is 3.34. The molecule has 2 nitrogen and oxygen atoms in total. The summed E-state index contributed by atoms with van der Waals surface area (Å²) in [5, 5.41) is 0. The van der Waals surface area contributed by atoms with Crippen molar-refractivity contribution in [2.75, 3.05) is 20.3 Å². The van der Waals surface area contributed by atoms with Crippen LogP contribution in [0.4, 0.5) is 0 Å². The smallest absolute Gasteiger partial charge is 0.0589 e. The molecule has 0 aromatic carbocycles. The number of ether oxygens (including phenoxy) is 1. The predicted octanol–water partition coefficient (Wildman–Crippen LogP) is 1.51. The van der Waals surface area contributed by atoms with Crippen LogP contribution in [0.2, 0.25) is 0 Å². The van der Waals surface area contributed by atoms with E-state index in [-0.39, 0.29) is 0 Å². The molecule has 1 aliphatic rings. The minimum absolute atomic E-state index is 0.764. The summed E-state index contributed by atoms with van der Waals surface area (Å²) >= 11 is 0. The topological polar surface area (TPSA) is 12.5 Å². The van der Waals surface area contributed by atoms with E-state index in [1.807, 2.05) is 0 Å². The monoisotopic (exact) mass is 157 g/mol. The van der Waals surface area contributed by atoms with Crippen molar-refractivity contribution in [1.29, 1.82) is 0 Å². The Bertz CT molecular complexity index is 106. The largest absolute Gasteiger partial charge is 0.383 e. The second-order valence-corrected chi connectivity index (χ2v) is 3.51. The van der Waals surface area contributed by atoms with E-state index in [1.165, 1.54) is 12.8 Å². The Hall–Kier alpha value is -0.0800. The van der Waals surface area contributed by atoms with Crippen molar-refractivity contribution in [2.24, 2.45) is 0 Å². The van der Waals surface area contributed by atoms with Gasteiger partial charge in [-0.1, -0.05) is 0 Å². The van der Waals surface area contributed by atoms with Crippen LogP contribution in [0, 0.1) is 0 Å². The Labute approximate surface area is 69.5 Å². The second-order valence-electron chi connectivity index (χ2n) is 3.51. The van der Waals surface area contributed by atoms with E-state index in [2.05, 4.69) is 18.7 Å². The van der Waals surface area contributed by atoms with Gasteiger partial charge >= 0.3 is 0 Å².